The highest BCUT2D eigenvalue weighted by Crippen LogP contribution is 2.27. The van der Waals surface area contributed by atoms with E-state index in [-0.39, 0.29) is 0 Å². The van der Waals surface area contributed by atoms with Gasteiger partial charge in [0.2, 0.25) is 0 Å². The molecule has 0 aromatic carbocycles. The molecule has 2 unspecified atom stereocenters. The van der Waals surface area contributed by atoms with Gasteiger partial charge < -0.3 is 0 Å². The maximum atomic E-state index is 4.67. The van der Waals surface area contributed by atoms with E-state index in [1.807, 2.05) is 12.3 Å². The Morgan fingerprint density at radius 2 is 1.89 bits per heavy atom. The van der Waals surface area contributed by atoms with Crippen LogP contribution < -0.4 is 0 Å². The van der Waals surface area contributed by atoms with Crippen molar-refractivity contribution in [1.82, 2.24) is 14.8 Å². The SMILES string of the molecule is C=C(Br)/C=C\C(CN(C)C1CCCCC1N(C)Cc1ccc(Br)cn1)=NCC. The third-order valence-corrected chi connectivity index (χ3v) is 5.99. The van der Waals surface area contributed by atoms with Gasteiger partial charge in [-0.15, -0.1) is 0 Å². The van der Waals surface area contributed by atoms with Crippen molar-refractivity contribution in [2.45, 2.75) is 51.2 Å². The highest BCUT2D eigenvalue weighted by atomic mass is 79.9. The molecule has 0 amide bonds. The van der Waals surface area contributed by atoms with Gasteiger partial charge in [-0.05, 0) is 74.1 Å². The fourth-order valence-corrected chi connectivity index (χ4v) is 4.28. The first kappa shape index (κ1) is 23.5. The highest BCUT2D eigenvalue weighted by molar-refractivity contribution is 9.11. The summed E-state index contributed by atoms with van der Waals surface area (Å²) in [6, 6.07) is 5.23. The Labute approximate surface area is 187 Å². The number of likely N-dealkylation sites (N-methyl/N-ethyl adjacent to an activating group) is 2. The van der Waals surface area contributed by atoms with E-state index in [1.165, 1.54) is 25.7 Å². The van der Waals surface area contributed by atoms with E-state index in [2.05, 4.69) is 97.4 Å². The Kier molecular flexibility index (Phi) is 10.1. The van der Waals surface area contributed by atoms with Crippen LogP contribution in [0.4, 0.5) is 0 Å². The zero-order chi connectivity index (χ0) is 20.5. The molecule has 154 valence electrons. The number of hydrogen-bond acceptors (Lipinski definition) is 4. The molecule has 28 heavy (non-hydrogen) atoms. The normalized spacial score (nSPS) is 21.0. The summed E-state index contributed by atoms with van der Waals surface area (Å²) in [4.78, 5) is 14.2. The average molecular weight is 512 g/mol. The number of allylic oxidation sites excluding steroid dienone is 2. The van der Waals surface area contributed by atoms with Crippen molar-refractivity contribution in [2.24, 2.45) is 4.99 Å². The molecule has 0 bridgehead atoms. The van der Waals surface area contributed by atoms with Crippen molar-refractivity contribution >= 4 is 37.6 Å². The lowest BCUT2D eigenvalue weighted by Gasteiger charge is -2.42. The van der Waals surface area contributed by atoms with Crippen molar-refractivity contribution in [3.8, 4) is 0 Å². The predicted molar refractivity (Wildman–Crippen MR) is 127 cm³/mol. The molecule has 1 aromatic rings. The molecule has 0 saturated heterocycles. The second kappa shape index (κ2) is 12.0. The van der Waals surface area contributed by atoms with Gasteiger partial charge in [0, 0.05) is 52.6 Å². The monoisotopic (exact) mass is 510 g/mol. The van der Waals surface area contributed by atoms with Crippen LogP contribution in [0.15, 0.2) is 51.0 Å². The lowest BCUT2D eigenvalue weighted by Crippen LogP contribution is -2.51. The van der Waals surface area contributed by atoms with Crippen molar-refractivity contribution in [3.63, 3.8) is 0 Å². The molecule has 1 aromatic heterocycles. The van der Waals surface area contributed by atoms with E-state index in [1.54, 1.807) is 0 Å². The molecule has 4 nitrogen and oxygen atoms in total. The Morgan fingerprint density at radius 1 is 1.21 bits per heavy atom. The van der Waals surface area contributed by atoms with E-state index in [9.17, 15) is 0 Å². The van der Waals surface area contributed by atoms with Gasteiger partial charge in [0.15, 0.2) is 0 Å². The first-order chi connectivity index (χ1) is 13.4. The van der Waals surface area contributed by atoms with Crippen LogP contribution in [0.25, 0.3) is 0 Å². The lowest BCUT2D eigenvalue weighted by molar-refractivity contribution is 0.0813. The molecule has 2 atom stereocenters. The largest absolute Gasteiger partial charge is 0.296 e. The summed E-state index contributed by atoms with van der Waals surface area (Å²) in [5, 5.41) is 0. The van der Waals surface area contributed by atoms with Crippen LogP contribution in [0.2, 0.25) is 0 Å². The number of rotatable bonds is 9. The number of hydrogen-bond donors (Lipinski definition) is 0. The van der Waals surface area contributed by atoms with Crippen LogP contribution in [0.3, 0.4) is 0 Å². The van der Waals surface area contributed by atoms with Gasteiger partial charge in [0.1, 0.15) is 0 Å². The Morgan fingerprint density at radius 3 is 2.46 bits per heavy atom. The second-order valence-corrected chi connectivity index (χ2v) is 9.40. The molecular formula is C22H32Br2N4. The third kappa shape index (κ3) is 7.54. The maximum Gasteiger partial charge on any atom is 0.0544 e. The first-order valence-corrected chi connectivity index (χ1v) is 11.6. The van der Waals surface area contributed by atoms with Crippen molar-refractivity contribution < 1.29 is 0 Å². The summed E-state index contributed by atoms with van der Waals surface area (Å²) in [5.74, 6) is 0. The lowest BCUT2D eigenvalue weighted by atomic mass is 9.88. The van der Waals surface area contributed by atoms with Crippen molar-refractivity contribution in [2.75, 3.05) is 27.2 Å². The Bertz CT molecular complexity index is 684. The standard InChI is InChI=1S/C22H32Br2N4/c1-5-25-19(12-10-17(2)23)15-27(3)21-8-6-7-9-22(21)28(4)16-20-13-11-18(24)14-26-20/h10-14,21-22H,2,5-9,15-16H2,1,3-4H3/b12-10-,25-19?. The van der Waals surface area contributed by atoms with Crippen LogP contribution in [-0.4, -0.2) is 59.8 Å². The fourth-order valence-electron chi connectivity index (χ4n) is 3.91. The van der Waals surface area contributed by atoms with Gasteiger partial charge in [0.25, 0.3) is 0 Å². The second-order valence-electron chi connectivity index (χ2n) is 7.46. The smallest absolute Gasteiger partial charge is 0.0544 e. The number of aliphatic imine (C=N–C) groups is 1. The molecule has 1 aliphatic carbocycles. The minimum Gasteiger partial charge on any atom is -0.296 e. The quantitative estimate of drug-likeness (QED) is 0.326. The van der Waals surface area contributed by atoms with Crippen molar-refractivity contribution in [1.29, 1.82) is 0 Å². The molecule has 2 rings (SSSR count). The minimum absolute atomic E-state index is 0.525. The van der Waals surface area contributed by atoms with Crippen LogP contribution in [0.1, 0.15) is 38.3 Å². The highest BCUT2D eigenvalue weighted by Gasteiger charge is 2.31. The molecule has 0 spiro atoms. The molecule has 1 heterocycles. The topological polar surface area (TPSA) is 31.7 Å². The minimum atomic E-state index is 0.525. The molecule has 1 fully saturated rings. The molecule has 0 radical (unpaired) electrons. The molecule has 0 N–H and O–H groups in total. The predicted octanol–water partition coefficient (Wildman–Crippen LogP) is 5.44. The van der Waals surface area contributed by atoms with Crippen LogP contribution in [0, 0.1) is 0 Å². The van der Waals surface area contributed by atoms with Gasteiger partial charge in [0.05, 0.1) is 5.69 Å². The molecule has 0 aliphatic heterocycles. The molecule has 1 saturated carbocycles. The van der Waals surface area contributed by atoms with Gasteiger partial charge >= 0.3 is 0 Å². The average Bonchev–Trinajstić information content (AvgIpc) is 2.68. The zero-order valence-corrected chi connectivity index (χ0v) is 20.4. The van der Waals surface area contributed by atoms with E-state index >= 15 is 0 Å². The van der Waals surface area contributed by atoms with Crippen molar-refractivity contribution in [3.05, 3.63) is 51.7 Å². The number of aromatic nitrogens is 1. The van der Waals surface area contributed by atoms with E-state index in [4.69, 9.17) is 0 Å². The van der Waals surface area contributed by atoms with Crippen LogP contribution >= 0.6 is 31.9 Å². The summed E-state index contributed by atoms with van der Waals surface area (Å²) in [6.45, 7) is 8.50. The Hall–Kier alpha value is -0.820. The van der Waals surface area contributed by atoms with Gasteiger partial charge in [-0.1, -0.05) is 35.4 Å². The van der Waals surface area contributed by atoms with E-state index in [0.29, 0.717) is 12.1 Å². The van der Waals surface area contributed by atoms with Crippen LogP contribution in [0.5, 0.6) is 0 Å². The Balaban J connectivity index is 2.06. The van der Waals surface area contributed by atoms with Gasteiger partial charge in [-0.3, -0.25) is 19.8 Å². The van der Waals surface area contributed by atoms with Crippen LogP contribution in [-0.2, 0) is 6.54 Å². The zero-order valence-electron chi connectivity index (χ0n) is 17.2. The van der Waals surface area contributed by atoms with Gasteiger partial charge in [-0.2, -0.15) is 0 Å². The summed E-state index contributed by atoms with van der Waals surface area (Å²) in [5.41, 5.74) is 2.22. The van der Waals surface area contributed by atoms with E-state index in [0.717, 1.165) is 40.0 Å². The fraction of sp³-hybridized carbons (Fsp3) is 0.545. The molecule has 1 aliphatic rings. The molecule has 6 heteroatoms. The van der Waals surface area contributed by atoms with E-state index < -0.39 is 0 Å². The number of pyridine rings is 1. The summed E-state index contributed by atoms with van der Waals surface area (Å²) in [6.07, 6.45) is 11.0. The number of halogens is 2. The first-order valence-electron chi connectivity index (χ1n) is 9.97. The molecular weight excluding hydrogens is 480 g/mol. The van der Waals surface area contributed by atoms with Gasteiger partial charge in [-0.25, -0.2) is 0 Å². The third-order valence-electron chi connectivity index (χ3n) is 5.26. The summed E-state index contributed by atoms with van der Waals surface area (Å²) >= 11 is 6.86. The number of nitrogens with zero attached hydrogens (tertiary/aromatic N) is 4. The maximum absolute atomic E-state index is 4.67. The summed E-state index contributed by atoms with van der Waals surface area (Å²) in [7, 11) is 4.47. The summed E-state index contributed by atoms with van der Waals surface area (Å²) < 4.78 is 1.90.